The highest BCUT2D eigenvalue weighted by Crippen LogP contribution is 2.30. The third-order valence-electron chi connectivity index (χ3n) is 4.09. The van der Waals surface area contributed by atoms with E-state index < -0.39 is 11.8 Å². The van der Waals surface area contributed by atoms with Crippen molar-refractivity contribution in [2.45, 2.75) is 59.0 Å². The van der Waals surface area contributed by atoms with E-state index in [1.165, 1.54) is 0 Å². The number of aliphatic carboxylic acids is 1. The molecule has 0 aromatic heterocycles. The van der Waals surface area contributed by atoms with Crippen LogP contribution in [0.15, 0.2) is 24.3 Å². The first-order chi connectivity index (χ1) is 10.9. The second-order valence-corrected chi connectivity index (χ2v) is 6.01. The molecule has 0 amide bonds. The fourth-order valence-corrected chi connectivity index (χ4v) is 2.52. The Morgan fingerprint density at radius 2 is 2.04 bits per heavy atom. The molecule has 5 heteroatoms. The molecule has 0 spiro atoms. The van der Waals surface area contributed by atoms with Crippen LogP contribution in [0.25, 0.3) is 0 Å². The van der Waals surface area contributed by atoms with Gasteiger partial charge in [-0.25, -0.2) is 0 Å². The first-order valence-electron chi connectivity index (χ1n) is 8.42. The van der Waals surface area contributed by atoms with E-state index >= 15 is 0 Å². The minimum atomic E-state index is -0.749. The van der Waals surface area contributed by atoms with Gasteiger partial charge in [0, 0.05) is 26.1 Å². The Morgan fingerprint density at radius 1 is 1.30 bits per heavy atom. The SMILES string of the molecule is CCOC1C=CC(C/C=C\CC(C)C(C)CC(=O)O)(OCC)O1. The Balaban J connectivity index is 2.47. The molecule has 0 radical (unpaired) electrons. The van der Waals surface area contributed by atoms with Crippen molar-refractivity contribution in [1.82, 2.24) is 0 Å². The van der Waals surface area contributed by atoms with Crippen LogP contribution in [-0.2, 0) is 19.0 Å². The van der Waals surface area contributed by atoms with Gasteiger partial charge in [0.2, 0.25) is 0 Å². The van der Waals surface area contributed by atoms with Crippen LogP contribution < -0.4 is 0 Å². The van der Waals surface area contributed by atoms with Crippen molar-refractivity contribution in [2.75, 3.05) is 13.2 Å². The van der Waals surface area contributed by atoms with E-state index in [2.05, 4.69) is 13.0 Å². The quantitative estimate of drug-likeness (QED) is 0.586. The number of carboxylic acid groups (broad SMARTS) is 1. The fourth-order valence-electron chi connectivity index (χ4n) is 2.52. The zero-order valence-corrected chi connectivity index (χ0v) is 14.7. The lowest BCUT2D eigenvalue weighted by atomic mass is 9.90. The van der Waals surface area contributed by atoms with E-state index in [4.69, 9.17) is 19.3 Å². The highest BCUT2D eigenvalue weighted by molar-refractivity contribution is 5.66. The third-order valence-corrected chi connectivity index (χ3v) is 4.09. The van der Waals surface area contributed by atoms with Crippen molar-refractivity contribution in [2.24, 2.45) is 11.8 Å². The van der Waals surface area contributed by atoms with Gasteiger partial charge in [0.25, 0.3) is 0 Å². The lowest BCUT2D eigenvalue weighted by Gasteiger charge is -2.27. The molecule has 0 fully saturated rings. The molecule has 1 N–H and O–H groups in total. The summed E-state index contributed by atoms with van der Waals surface area (Å²) in [6.07, 6.45) is 9.22. The first kappa shape index (κ1) is 19.9. The summed E-state index contributed by atoms with van der Waals surface area (Å²) >= 11 is 0. The van der Waals surface area contributed by atoms with Crippen LogP contribution in [0, 0.1) is 11.8 Å². The van der Waals surface area contributed by atoms with Crippen LogP contribution in [0.3, 0.4) is 0 Å². The van der Waals surface area contributed by atoms with Crippen LogP contribution in [0.4, 0.5) is 0 Å². The third kappa shape index (κ3) is 6.85. The van der Waals surface area contributed by atoms with E-state index in [1.807, 2.05) is 39.0 Å². The Bertz CT molecular complexity index is 418. The van der Waals surface area contributed by atoms with Gasteiger partial charge in [0.15, 0.2) is 12.1 Å². The molecular formula is C18H30O5. The number of rotatable bonds is 11. The topological polar surface area (TPSA) is 65.0 Å². The number of carboxylic acids is 1. The Labute approximate surface area is 139 Å². The number of ether oxygens (including phenoxy) is 3. The predicted octanol–water partition coefficient (Wildman–Crippen LogP) is 3.75. The molecule has 23 heavy (non-hydrogen) atoms. The Hall–Kier alpha value is -1.17. The van der Waals surface area contributed by atoms with Crippen LogP contribution >= 0.6 is 0 Å². The largest absolute Gasteiger partial charge is 0.481 e. The lowest BCUT2D eigenvalue weighted by Crippen LogP contribution is -2.33. The molecule has 0 bridgehead atoms. The molecular weight excluding hydrogens is 296 g/mol. The van der Waals surface area contributed by atoms with Crippen LogP contribution in [-0.4, -0.2) is 36.4 Å². The zero-order valence-electron chi connectivity index (χ0n) is 14.7. The van der Waals surface area contributed by atoms with Gasteiger partial charge in [-0.05, 0) is 44.3 Å². The van der Waals surface area contributed by atoms with Crippen molar-refractivity contribution >= 4 is 5.97 Å². The van der Waals surface area contributed by atoms with E-state index in [9.17, 15) is 4.79 Å². The number of hydrogen-bond donors (Lipinski definition) is 1. The summed E-state index contributed by atoms with van der Waals surface area (Å²) in [6, 6.07) is 0. The molecule has 1 heterocycles. The lowest BCUT2D eigenvalue weighted by molar-refractivity contribution is -0.253. The van der Waals surface area contributed by atoms with Crippen molar-refractivity contribution in [3.63, 3.8) is 0 Å². The molecule has 1 aliphatic heterocycles. The summed E-state index contributed by atoms with van der Waals surface area (Å²) < 4.78 is 17.1. The molecule has 0 aromatic carbocycles. The summed E-state index contributed by atoms with van der Waals surface area (Å²) in [5.74, 6) is -1.01. The molecule has 4 unspecified atom stereocenters. The molecule has 4 atom stereocenters. The first-order valence-corrected chi connectivity index (χ1v) is 8.42. The smallest absolute Gasteiger partial charge is 0.303 e. The average molecular weight is 326 g/mol. The van der Waals surface area contributed by atoms with Gasteiger partial charge in [0.05, 0.1) is 0 Å². The van der Waals surface area contributed by atoms with Crippen LogP contribution in [0.1, 0.15) is 47.0 Å². The Morgan fingerprint density at radius 3 is 2.65 bits per heavy atom. The average Bonchev–Trinajstić information content (AvgIpc) is 2.87. The van der Waals surface area contributed by atoms with Gasteiger partial charge in [-0.1, -0.05) is 26.0 Å². The molecule has 1 rings (SSSR count). The summed E-state index contributed by atoms with van der Waals surface area (Å²) in [7, 11) is 0. The van der Waals surface area contributed by atoms with Gasteiger partial charge < -0.3 is 19.3 Å². The summed E-state index contributed by atoms with van der Waals surface area (Å²) in [6.45, 7) is 9.07. The van der Waals surface area contributed by atoms with Gasteiger partial charge >= 0.3 is 5.97 Å². The van der Waals surface area contributed by atoms with Gasteiger partial charge in [-0.2, -0.15) is 0 Å². The fraction of sp³-hybridized carbons (Fsp3) is 0.722. The van der Waals surface area contributed by atoms with Gasteiger partial charge in [0.1, 0.15) is 0 Å². The highest BCUT2D eigenvalue weighted by atomic mass is 16.8. The normalized spacial score (nSPS) is 26.7. The van der Waals surface area contributed by atoms with E-state index in [-0.39, 0.29) is 18.6 Å². The minimum Gasteiger partial charge on any atom is -0.481 e. The zero-order chi connectivity index (χ0) is 17.3. The van der Waals surface area contributed by atoms with E-state index in [1.54, 1.807) is 0 Å². The van der Waals surface area contributed by atoms with Crippen molar-refractivity contribution in [3.8, 4) is 0 Å². The minimum absolute atomic E-state index is 0.156. The summed E-state index contributed by atoms with van der Waals surface area (Å²) in [5, 5.41) is 8.84. The second kappa shape index (κ2) is 9.85. The van der Waals surface area contributed by atoms with Crippen LogP contribution in [0.5, 0.6) is 0 Å². The van der Waals surface area contributed by atoms with Gasteiger partial charge in [-0.3, -0.25) is 4.79 Å². The maximum absolute atomic E-state index is 10.7. The number of hydrogen-bond acceptors (Lipinski definition) is 4. The number of carbonyl (C=O) groups is 1. The van der Waals surface area contributed by atoms with Crippen molar-refractivity contribution < 1.29 is 24.1 Å². The highest BCUT2D eigenvalue weighted by Gasteiger charge is 2.35. The van der Waals surface area contributed by atoms with E-state index in [0.29, 0.717) is 25.6 Å². The van der Waals surface area contributed by atoms with Crippen LogP contribution in [0.2, 0.25) is 0 Å². The summed E-state index contributed by atoms with van der Waals surface area (Å²) in [5.41, 5.74) is 0. The molecule has 0 aromatic rings. The molecule has 0 saturated carbocycles. The Kier molecular flexibility index (Phi) is 8.52. The maximum Gasteiger partial charge on any atom is 0.303 e. The molecule has 0 aliphatic carbocycles. The van der Waals surface area contributed by atoms with Crippen molar-refractivity contribution in [1.29, 1.82) is 0 Å². The standard InChI is InChI=1S/C18H30O5/c1-5-21-17-10-12-18(23-17,22-6-2)11-8-7-9-14(3)15(4)13-16(19)20/h7-8,10,12,14-15,17H,5-6,9,11,13H2,1-4H3,(H,19,20)/b8-7-. The maximum atomic E-state index is 10.7. The molecule has 1 aliphatic rings. The molecule has 0 saturated heterocycles. The monoisotopic (exact) mass is 326 g/mol. The van der Waals surface area contributed by atoms with E-state index in [0.717, 1.165) is 6.42 Å². The van der Waals surface area contributed by atoms with Crippen molar-refractivity contribution in [3.05, 3.63) is 24.3 Å². The predicted molar refractivity (Wildman–Crippen MR) is 89.0 cm³/mol. The molecule has 5 nitrogen and oxygen atoms in total. The molecule has 132 valence electrons. The number of allylic oxidation sites excluding steroid dienone is 1. The second-order valence-electron chi connectivity index (χ2n) is 6.01. The van der Waals surface area contributed by atoms with Gasteiger partial charge in [-0.15, -0.1) is 0 Å². The summed E-state index contributed by atoms with van der Waals surface area (Å²) in [4.78, 5) is 10.7.